The van der Waals surface area contributed by atoms with Gasteiger partial charge in [-0.3, -0.25) is 4.79 Å². The number of hydrogen-bond acceptors (Lipinski definition) is 1. The highest BCUT2D eigenvalue weighted by atomic mass is 19.1. The highest BCUT2D eigenvalue weighted by Gasteiger charge is 2.29. The van der Waals surface area contributed by atoms with Crippen LogP contribution in [0.3, 0.4) is 0 Å². The zero-order valence-corrected chi connectivity index (χ0v) is 8.82. The molecule has 1 atom stereocenters. The van der Waals surface area contributed by atoms with Crippen LogP contribution >= 0.6 is 0 Å². The van der Waals surface area contributed by atoms with Crippen LogP contribution in [0.25, 0.3) is 0 Å². The van der Waals surface area contributed by atoms with E-state index in [0.717, 1.165) is 12.8 Å². The standard InChI is InChI=1S/C11H15FN2O/c1-13-6-4-9(8-13)11(15)14-5-2-3-10(14)7-12/h4,6,8,10H,2-3,5,7H2,1H3. The van der Waals surface area contributed by atoms with Crippen LogP contribution in [0.4, 0.5) is 4.39 Å². The van der Waals surface area contributed by atoms with Gasteiger partial charge >= 0.3 is 0 Å². The summed E-state index contributed by atoms with van der Waals surface area (Å²) >= 11 is 0. The number of likely N-dealkylation sites (tertiary alicyclic amines) is 1. The Bertz CT molecular complexity index is 361. The molecule has 1 aliphatic heterocycles. The lowest BCUT2D eigenvalue weighted by Gasteiger charge is -2.21. The van der Waals surface area contributed by atoms with Crippen molar-refractivity contribution in [1.82, 2.24) is 9.47 Å². The van der Waals surface area contributed by atoms with Crippen LogP contribution in [0, 0.1) is 0 Å². The topological polar surface area (TPSA) is 25.2 Å². The minimum absolute atomic E-state index is 0.0456. The quantitative estimate of drug-likeness (QED) is 0.727. The number of halogens is 1. The van der Waals surface area contributed by atoms with Crippen molar-refractivity contribution in [2.24, 2.45) is 7.05 Å². The first-order chi connectivity index (χ1) is 7.22. The molecule has 1 aliphatic rings. The van der Waals surface area contributed by atoms with Gasteiger partial charge in [-0.05, 0) is 18.9 Å². The smallest absolute Gasteiger partial charge is 0.255 e. The van der Waals surface area contributed by atoms with Gasteiger partial charge in [0.25, 0.3) is 5.91 Å². The summed E-state index contributed by atoms with van der Waals surface area (Å²) in [5.74, 6) is -0.0456. The molecule has 2 rings (SSSR count). The molecule has 4 heteroatoms. The maximum atomic E-state index is 12.6. The summed E-state index contributed by atoms with van der Waals surface area (Å²) in [4.78, 5) is 13.6. The number of alkyl halides is 1. The number of carbonyl (C=O) groups excluding carboxylic acids is 1. The highest BCUT2D eigenvalue weighted by Crippen LogP contribution is 2.20. The van der Waals surface area contributed by atoms with Gasteiger partial charge in [0.15, 0.2) is 0 Å². The molecular formula is C11H15FN2O. The van der Waals surface area contributed by atoms with Gasteiger partial charge in [0.05, 0.1) is 11.6 Å². The van der Waals surface area contributed by atoms with Crippen LogP contribution in [-0.2, 0) is 7.05 Å². The molecule has 1 aromatic heterocycles. The van der Waals surface area contributed by atoms with E-state index in [1.54, 1.807) is 17.2 Å². The molecule has 1 amide bonds. The fourth-order valence-electron chi connectivity index (χ4n) is 2.06. The van der Waals surface area contributed by atoms with Gasteiger partial charge in [0.1, 0.15) is 6.67 Å². The normalized spacial score (nSPS) is 20.9. The lowest BCUT2D eigenvalue weighted by atomic mass is 10.2. The van der Waals surface area contributed by atoms with Crippen molar-refractivity contribution in [1.29, 1.82) is 0 Å². The molecule has 0 saturated carbocycles. The molecule has 0 N–H and O–H groups in total. The predicted octanol–water partition coefficient (Wildman–Crippen LogP) is 1.60. The second kappa shape index (κ2) is 4.04. The molecule has 1 saturated heterocycles. The van der Waals surface area contributed by atoms with E-state index in [0.29, 0.717) is 12.1 Å². The van der Waals surface area contributed by atoms with Crippen molar-refractivity contribution in [2.75, 3.05) is 13.2 Å². The van der Waals surface area contributed by atoms with Crippen LogP contribution in [0.15, 0.2) is 18.5 Å². The number of aromatic nitrogens is 1. The predicted molar refractivity (Wildman–Crippen MR) is 55.4 cm³/mol. The molecule has 0 radical (unpaired) electrons. The molecule has 0 aliphatic carbocycles. The van der Waals surface area contributed by atoms with Crippen molar-refractivity contribution < 1.29 is 9.18 Å². The van der Waals surface area contributed by atoms with Gasteiger partial charge < -0.3 is 9.47 Å². The van der Waals surface area contributed by atoms with Crippen molar-refractivity contribution in [3.63, 3.8) is 0 Å². The van der Waals surface area contributed by atoms with Gasteiger partial charge in [0, 0.05) is 26.0 Å². The first-order valence-electron chi connectivity index (χ1n) is 5.21. The zero-order valence-electron chi connectivity index (χ0n) is 8.82. The van der Waals surface area contributed by atoms with Gasteiger partial charge in [-0.15, -0.1) is 0 Å². The Labute approximate surface area is 88.5 Å². The van der Waals surface area contributed by atoms with Gasteiger partial charge in [0.2, 0.25) is 0 Å². The van der Waals surface area contributed by atoms with E-state index in [1.165, 1.54) is 0 Å². The number of nitrogens with zero attached hydrogens (tertiary/aromatic N) is 2. The summed E-state index contributed by atoms with van der Waals surface area (Å²) in [6.07, 6.45) is 5.30. The van der Waals surface area contributed by atoms with Crippen molar-refractivity contribution >= 4 is 5.91 Å². The highest BCUT2D eigenvalue weighted by molar-refractivity contribution is 5.94. The van der Waals surface area contributed by atoms with Crippen LogP contribution in [-0.4, -0.2) is 34.6 Å². The summed E-state index contributed by atoms with van der Waals surface area (Å²) in [6, 6.07) is 1.56. The fourth-order valence-corrected chi connectivity index (χ4v) is 2.06. The van der Waals surface area contributed by atoms with Gasteiger partial charge in [-0.2, -0.15) is 0 Å². The summed E-state index contributed by atoms with van der Waals surface area (Å²) in [6.45, 7) is 0.251. The van der Waals surface area contributed by atoms with Crippen LogP contribution in [0.5, 0.6) is 0 Å². The van der Waals surface area contributed by atoms with E-state index >= 15 is 0 Å². The molecule has 0 spiro atoms. The number of hydrogen-bond donors (Lipinski definition) is 0. The number of amides is 1. The van der Waals surface area contributed by atoms with E-state index in [4.69, 9.17) is 0 Å². The Morgan fingerprint density at radius 2 is 2.47 bits per heavy atom. The largest absolute Gasteiger partial charge is 0.356 e. The van der Waals surface area contributed by atoms with Gasteiger partial charge in [-0.1, -0.05) is 0 Å². The molecular weight excluding hydrogens is 195 g/mol. The second-order valence-electron chi connectivity index (χ2n) is 4.01. The van der Waals surface area contributed by atoms with Crippen LogP contribution < -0.4 is 0 Å². The van der Waals surface area contributed by atoms with E-state index in [-0.39, 0.29) is 11.9 Å². The molecule has 15 heavy (non-hydrogen) atoms. The first kappa shape index (κ1) is 10.2. The average Bonchev–Trinajstić information content (AvgIpc) is 2.84. The third-order valence-electron chi connectivity index (χ3n) is 2.90. The SMILES string of the molecule is Cn1ccc(C(=O)N2CCCC2CF)c1. The average molecular weight is 210 g/mol. The van der Waals surface area contributed by atoms with Crippen molar-refractivity contribution in [3.8, 4) is 0 Å². The van der Waals surface area contributed by atoms with E-state index < -0.39 is 6.67 Å². The Kier molecular flexibility index (Phi) is 2.75. The second-order valence-corrected chi connectivity index (χ2v) is 4.01. The summed E-state index contributed by atoms with van der Waals surface area (Å²) in [7, 11) is 1.87. The molecule has 0 aromatic carbocycles. The van der Waals surface area contributed by atoms with Crippen molar-refractivity contribution in [3.05, 3.63) is 24.0 Å². The number of rotatable bonds is 2. The summed E-state index contributed by atoms with van der Waals surface area (Å²) in [5.41, 5.74) is 0.651. The maximum absolute atomic E-state index is 12.6. The third kappa shape index (κ3) is 1.89. The Morgan fingerprint density at radius 1 is 1.67 bits per heavy atom. The number of carbonyl (C=O) groups is 1. The summed E-state index contributed by atoms with van der Waals surface area (Å²) < 4.78 is 14.5. The molecule has 2 heterocycles. The molecule has 1 aromatic rings. The van der Waals surface area contributed by atoms with E-state index in [1.807, 2.05) is 17.8 Å². The minimum Gasteiger partial charge on any atom is -0.356 e. The Hall–Kier alpha value is -1.32. The van der Waals surface area contributed by atoms with Crippen LogP contribution in [0.1, 0.15) is 23.2 Å². The van der Waals surface area contributed by atoms with E-state index in [2.05, 4.69) is 0 Å². The molecule has 1 fully saturated rings. The van der Waals surface area contributed by atoms with E-state index in [9.17, 15) is 9.18 Å². The molecule has 1 unspecified atom stereocenters. The zero-order chi connectivity index (χ0) is 10.8. The molecule has 0 bridgehead atoms. The Balaban J connectivity index is 2.13. The monoisotopic (exact) mass is 210 g/mol. The molecule has 82 valence electrons. The third-order valence-corrected chi connectivity index (χ3v) is 2.90. The lowest BCUT2D eigenvalue weighted by Crippen LogP contribution is -2.36. The minimum atomic E-state index is -0.432. The van der Waals surface area contributed by atoms with Crippen LogP contribution in [0.2, 0.25) is 0 Å². The van der Waals surface area contributed by atoms with Gasteiger partial charge in [-0.25, -0.2) is 4.39 Å². The molecule has 3 nitrogen and oxygen atoms in total. The lowest BCUT2D eigenvalue weighted by molar-refractivity contribution is 0.0716. The van der Waals surface area contributed by atoms with Crippen molar-refractivity contribution in [2.45, 2.75) is 18.9 Å². The maximum Gasteiger partial charge on any atom is 0.255 e. The fraction of sp³-hybridized carbons (Fsp3) is 0.545. The number of aryl methyl sites for hydroxylation is 1. The first-order valence-corrected chi connectivity index (χ1v) is 5.21. The summed E-state index contributed by atoms with van der Waals surface area (Å²) in [5, 5.41) is 0. The Morgan fingerprint density at radius 3 is 3.07 bits per heavy atom.